The molecule has 0 saturated heterocycles. The van der Waals surface area contributed by atoms with Crippen LogP contribution in [0.15, 0.2) is 54.6 Å². The third-order valence-corrected chi connectivity index (χ3v) is 10.5. The summed E-state index contributed by atoms with van der Waals surface area (Å²) >= 11 is 0. The number of hydrogen-bond acceptors (Lipinski definition) is 6. The number of carbonyl (C=O) groups excluding carboxylic acids is 2. The quantitative estimate of drug-likeness (QED) is 0.185. The maximum Gasteiger partial charge on any atom is 0.309 e. The summed E-state index contributed by atoms with van der Waals surface area (Å²) < 4.78 is 5.00. The van der Waals surface area contributed by atoms with Gasteiger partial charge in [0.1, 0.15) is 0 Å². The third kappa shape index (κ3) is 9.19. The average molecular weight is 542 g/mol. The van der Waals surface area contributed by atoms with Crippen LogP contribution in [0.2, 0.25) is 0 Å². The fraction of sp³-hybridized carbons (Fsp3) is 0.548. The van der Waals surface area contributed by atoms with Crippen LogP contribution in [0.3, 0.4) is 0 Å². The third-order valence-electron chi connectivity index (χ3n) is 7.19. The molecule has 2 aromatic carbocycles. The Hall–Kier alpha value is -1.76. The predicted octanol–water partition coefficient (Wildman–Crippen LogP) is 7.64. The second-order valence-corrected chi connectivity index (χ2v) is 12.9. The van der Waals surface area contributed by atoms with Gasteiger partial charge in [0.15, 0.2) is 5.78 Å². The summed E-state index contributed by atoms with van der Waals surface area (Å²) in [6.45, 7) is 4.33. The van der Waals surface area contributed by atoms with Crippen molar-refractivity contribution in [3.63, 3.8) is 0 Å². The van der Waals surface area contributed by atoms with E-state index in [0.29, 0.717) is 13.0 Å². The Morgan fingerprint density at radius 1 is 0.973 bits per heavy atom. The zero-order valence-corrected chi connectivity index (χ0v) is 24.1. The van der Waals surface area contributed by atoms with Crippen LogP contribution < -0.4 is 5.73 Å². The normalized spacial score (nSPS) is 16.6. The van der Waals surface area contributed by atoms with E-state index in [4.69, 9.17) is 10.5 Å². The fourth-order valence-electron chi connectivity index (χ4n) is 4.97. The van der Waals surface area contributed by atoms with Gasteiger partial charge in [-0.15, -0.1) is 0 Å². The lowest BCUT2D eigenvalue weighted by Gasteiger charge is -2.35. The Morgan fingerprint density at radius 2 is 1.65 bits per heavy atom. The highest BCUT2D eigenvalue weighted by atomic mass is 33.1. The molecule has 2 atom stereocenters. The van der Waals surface area contributed by atoms with E-state index in [1.807, 2.05) is 25.1 Å². The first-order valence-corrected chi connectivity index (χ1v) is 16.2. The average Bonchev–Trinajstić information content (AvgIpc) is 2.93. The zero-order valence-electron chi connectivity index (χ0n) is 22.5. The smallest absolute Gasteiger partial charge is 0.309 e. The van der Waals surface area contributed by atoms with Crippen LogP contribution in [0, 0.1) is 5.92 Å². The van der Waals surface area contributed by atoms with E-state index in [1.54, 1.807) is 21.6 Å². The molecule has 1 aliphatic rings. The molecule has 1 aliphatic carbocycles. The molecule has 37 heavy (non-hydrogen) atoms. The first-order chi connectivity index (χ1) is 18.0. The van der Waals surface area contributed by atoms with Gasteiger partial charge in [-0.1, -0.05) is 115 Å². The Bertz CT molecular complexity index is 958. The monoisotopic (exact) mass is 541 g/mol. The predicted molar refractivity (Wildman–Crippen MR) is 159 cm³/mol. The second kappa shape index (κ2) is 15.6. The number of ketones is 1. The van der Waals surface area contributed by atoms with E-state index >= 15 is 0 Å². The van der Waals surface area contributed by atoms with Crippen LogP contribution in [0.4, 0.5) is 0 Å². The molecular formula is C31H43NO3S2. The lowest BCUT2D eigenvalue weighted by Crippen LogP contribution is -2.39. The van der Waals surface area contributed by atoms with Crippen molar-refractivity contribution in [1.82, 2.24) is 0 Å². The van der Waals surface area contributed by atoms with E-state index in [9.17, 15) is 9.59 Å². The van der Waals surface area contributed by atoms with Crippen molar-refractivity contribution in [3.05, 3.63) is 60.2 Å². The zero-order chi connectivity index (χ0) is 26.5. The molecule has 1 saturated carbocycles. The number of ether oxygens (including phenoxy) is 1. The summed E-state index contributed by atoms with van der Waals surface area (Å²) in [5.41, 5.74) is 9.65. The van der Waals surface area contributed by atoms with Gasteiger partial charge in [-0.25, -0.2) is 0 Å². The number of hydrogen-bond donors (Lipinski definition) is 1. The molecule has 0 amide bonds. The molecule has 0 aromatic heterocycles. The molecule has 0 aliphatic heterocycles. The lowest BCUT2D eigenvalue weighted by molar-refractivity contribution is -0.149. The van der Waals surface area contributed by atoms with Gasteiger partial charge in [0.05, 0.1) is 17.3 Å². The molecule has 0 radical (unpaired) electrons. The van der Waals surface area contributed by atoms with Crippen molar-refractivity contribution in [1.29, 1.82) is 0 Å². The number of rotatable bonds is 15. The molecule has 1 unspecified atom stereocenters. The summed E-state index contributed by atoms with van der Waals surface area (Å²) in [6, 6.07) is 18.7. The molecule has 6 heteroatoms. The molecule has 0 bridgehead atoms. The van der Waals surface area contributed by atoms with Crippen molar-refractivity contribution >= 4 is 33.3 Å². The fourth-order valence-corrected chi connectivity index (χ4v) is 8.42. The number of carbonyl (C=O) groups is 2. The first-order valence-electron chi connectivity index (χ1n) is 13.9. The van der Waals surface area contributed by atoms with Crippen molar-refractivity contribution in [2.45, 2.75) is 88.8 Å². The van der Waals surface area contributed by atoms with Gasteiger partial charge < -0.3 is 10.5 Å². The van der Waals surface area contributed by atoms with Crippen molar-refractivity contribution in [2.24, 2.45) is 11.7 Å². The van der Waals surface area contributed by atoms with Crippen molar-refractivity contribution in [2.75, 3.05) is 12.4 Å². The molecular weight excluding hydrogens is 498 g/mol. The number of benzene rings is 2. The molecule has 4 nitrogen and oxygen atoms in total. The maximum atomic E-state index is 13.8. The standard InChI is InChI=1S/C31H43NO3S2/c1-3-5-14-28(32)23-36-37-31(19-10-7-11-20-31)29(33)22-27(30(34)35-4-2)21-24-15-17-26(18-16-24)25-12-8-6-9-13-25/h6,8-9,12-13,15-18,27-28H,3-5,7,10-11,14,19-23,32H2,1-2H3/t27?,28-/m0/s1. The Kier molecular flexibility index (Phi) is 12.6. The molecule has 202 valence electrons. The summed E-state index contributed by atoms with van der Waals surface area (Å²) in [5, 5.41) is 0. The SMILES string of the molecule is CCCC[C@H](N)CSSC1(C(=O)CC(Cc2ccc(-c3ccccc3)cc2)C(=O)OCC)CCCCC1. The highest BCUT2D eigenvalue weighted by Crippen LogP contribution is 2.48. The first kappa shape index (κ1) is 29.8. The topological polar surface area (TPSA) is 69.4 Å². The van der Waals surface area contributed by atoms with Gasteiger partial charge in [0, 0.05) is 18.2 Å². The molecule has 3 rings (SSSR count). The van der Waals surface area contributed by atoms with E-state index in [0.717, 1.165) is 67.4 Å². The molecule has 1 fully saturated rings. The molecule has 2 N–H and O–H groups in total. The van der Waals surface area contributed by atoms with Gasteiger partial charge in [-0.2, -0.15) is 0 Å². The minimum absolute atomic E-state index is 0.166. The number of nitrogens with two attached hydrogens (primary N) is 1. The number of unbranched alkanes of at least 4 members (excludes halogenated alkanes) is 1. The van der Waals surface area contributed by atoms with Crippen molar-refractivity contribution < 1.29 is 14.3 Å². The van der Waals surface area contributed by atoms with Gasteiger partial charge in [-0.05, 0) is 49.3 Å². The van der Waals surface area contributed by atoms with Crippen LogP contribution >= 0.6 is 21.6 Å². The highest BCUT2D eigenvalue weighted by Gasteiger charge is 2.42. The van der Waals surface area contributed by atoms with Gasteiger partial charge >= 0.3 is 5.97 Å². The van der Waals surface area contributed by atoms with Gasteiger partial charge in [-0.3, -0.25) is 9.59 Å². The molecule has 0 spiro atoms. The van der Waals surface area contributed by atoms with Crippen LogP contribution in [0.5, 0.6) is 0 Å². The van der Waals surface area contributed by atoms with Crippen LogP contribution in [-0.2, 0) is 20.7 Å². The molecule has 0 heterocycles. The Labute approximate surface area is 231 Å². The Balaban J connectivity index is 1.69. The van der Waals surface area contributed by atoms with E-state index in [-0.39, 0.29) is 24.2 Å². The van der Waals surface area contributed by atoms with Crippen molar-refractivity contribution in [3.8, 4) is 11.1 Å². The summed E-state index contributed by atoms with van der Waals surface area (Å²) in [4.78, 5) is 26.8. The largest absolute Gasteiger partial charge is 0.466 e. The second-order valence-electron chi connectivity index (χ2n) is 10.2. The minimum atomic E-state index is -0.466. The van der Waals surface area contributed by atoms with E-state index in [2.05, 4.69) is 43.3 Å². The number of Topliss-reactive ketones (excluding diaryl/α,β-unsaturated/α-hetero) is 1. The number of esters is 1. The highest BCUT2D eigenvalue weighted by molar-refractivity contribution is 8.77. The van der Waals surface area contributed by atoms with Gasteiger partial charge in [0.2, 0.25) is 0 Å². The summed E-state index contributed by atoms with van der Waals surface area (Å²) in [7, 11) is 3.47. The van der Waals surface area contributed by atoms with E-state index in [1.165, 1.54) is 6.42 Å². The minimum Gasteiger partial charge on any atom is -0.466 e. The van der Waals surface area contributed by atoms with Gasteiger partial charge in [0.25, 0.3) is 0 Å². The van der Waals surface area contributed by atoms with E-state index < -0.39 is 10.7 Å². The van der Waals surface area contributed by atoms with Crippen LogP contribution in [-0.4, -0.2) is 34.9 Å². The lowest BCUT2D eigenvalue weighted by atomic mass is 9.81. The summed E-state index contributed by atoms with van der Waals surface area (Å²) in [5.74, 6) is 0.319. The van der Waals surface area contributed by atoms with Crippen LogP contribution in [0.1, 0.15) is 77.2 Å². The Morgan fingerprint density at radius 3 is 2.30 bits per heavy atom. The molecule has 2 aromatic rings. The summed E-state index contributed by atoms with van der Waals surface area (Å²) in [6.07, 6.45) is 9.12. The maximum absolute atomic E-state index is 13.8. The van der Waals surface area contributed by atoms with Crippen LogP contribution in [0.25, 0.3) is 11.1 Å².